The molecule has 1 aliphatic rings. The lowest BCUT2D eigenvalue weighted by Gasteiger charge is -2.28. The van der Waals surface area contributed by atoms with Crippen molar-refractivity contribution in [3.8, 4) is 17.2 Å². The second-order valence-corrected chi connectivity index (χ2v) is 6.87. The molecule has 0 radical (unpaired) electrons. The van der Waals surface area contributed by atoms with Crippen LogP contribution in [-0.2, 0) is 5.41 Å². The Labute approximate surface area is 164 Å². The minimum Gasteiger partial charge on any atom is -0.493 e. The van der Waals surface area contributed by atoms with E-state index in [1.165, 1.54) is 21.3 Å². The number of aromatic nitrogens is 1. The van der Waals surface area contributed by atoms with Crippen molar-refractivity contribution in [3.63, 3.8) is 0 Å². The van der Waals surface area contributed by atoms with Crippen LogP contribution in [-0.4, -0.2) is 56.4 Å². The van der Waals surface area contributed by atoms with E-state index in [0.29, 0.717) is 42.2 Å². The number of rotatable bonds is 8. The highest BCUT2D eigenvalue weighted by Gasteiger charge is 2.43. The van der Waals surface area contributed by atoms with E-state index in [1.807, 2.05) is 12.1 Å². The van der Waals surface area contributed by atoms with Crippen LogP contribution in [0, 0.1) is 0 Å². The highest BCUT2D eigenvalue weighted by molar-refractivity contribution is 6.03. The number of benzene rings is 1. The number of carbonyl (C=O) groups is 1. The lowest BCUT2D eigenvalue weighted by Crippen LogP contribution is -2.31. The molecule has 2 aromatic rings. The van der Waals surface area contributed by atoms with Crippen LogP contribution < -0.4 is 19.5 Å². The lowest BCUT2D eigenvalue weighted by molar-refractivity contribution is 0.0944. The predicted octanol–water partition coefficient (Wildman–Crippen LogP) is 1.97. The van der Waals surface area contributed by atoms with Gasteiger partial charge in [-0.25, -0.2) is 0 Å². The molecule has 1 saturated heterocycles. The van der Waals surface area contributed by atoms with Crippen molar-refractivity contribution in [1.82, 2.24) is 10.3 Å². The second-order valence-electron chi connectivity index (χ2n) is 6.87. The number of pyridine rings is 1. The summed E-state index contributed by atoms with van der Waals surface area (Å²) < 4.78 is 16.2. The van der Waals surface area contributed by atoms with Crippen molar-refractivity contribution in [3.05, 3.63) is 47.8 Å². The monoisotopic (exact) mass is 386 g/mol. The summed E-state index contributed by atoms with van der Waals surface area (Å²) in [5, 5.41) is 13.0. The maximum atomic E-state index is 13.3. The molecule has 7 heteroatoms. The first-order chi connectivity index (χ1) is 13.6. The molecule has 1 aromatic carbocycles. The molecule has 1 aliphatic heterocycles. The Hall–Kier alpha value is -2.64. The predicted molar refractivity (Wildman–Crippen MR) is 104 cm³/mol. The smallest absolute Gasteiger partial charge is 0.204 e. The van der Waals surface area contributed by atoms with Crippen LogP contribution in [0.4, 0.5) is 0 Å². The van der Waals surface area contributed by atoms with Gasteiger partial charge in [-0.15, -0.1) is 0 Å². The average molecular weight is 386 g/mol. The van der Waals surface area contributed by atoms with E-state index in [1.54, 1.807) is 24.5 Å². The van der Waals surface area contributed by atoms with Gasteiger partial charge in [0, 0.05) is 31.0 Å². The van der Waals surface area contributed by atoms with Crippen LogP contribution in [0.3, 0.4) is 0 Å². The van der Waals surface area contributed by atoms with Crippen molar-refractivity contribution in [1.29, 1.82) is 0 Å². The number of methoxy groups -OCH3 is 3. The number of aliphatic hydroxyl groups excluding tert-OH is 1. The fraction of sp³-hybridized carbons (Fsp3) is 0.429. The van der Waals surface area contributed by atoms with E-state index >= 15 is 0 Å². The summed E-state index contributed by atoms with van der Waals surface area (Å²) in [7, 11) is 4.55. The molecular weight excluding hydrogens is 360 g/mol. The molecule has 7 nitrogen and oxygen atoms in total. The maximum Gasteiger partial charge on any atom is 0.204 e. The van der Waals surface area contributed by atoms with Crippen LogP contribution in [0.2, 0.25) is 0 Å². The van der Waals surface area contributed by atoms with Gasteiger partial charge in [-0.2, -0.15) is 0 Å². The number of Topliss-reactive ketones (excluding diaryl/α,β-unsaturated/α-hetero) is 1. The van der Waals surface area contributed by atoms with Crippen molar-refractivity contribution in [2.75, 3.05) is 34.5 Å². The standard InChI is InChI=1S/C21H26N2O5/c1-26-17-5-4-15(19(27-2)20(17)28-3)18(25)16-12-21(8-11-24,13-23-16)14-6-9-22-10-7-14/h4-7,9-10,16,23-24H,8,11-13H2,1-3H3. The van der Waals surface area contributed by atoms with Crippen LogP contribution in [0.5, 0.6) is 17.2 Å². The molecule has 0 aliphatic carbocycles. The van der Waals surface area contributed by atoms with E-state index < -0.39 is 6.04 Å². The van der Waals surface area contributed by atoms with E-state index in [9.17, 15) is 9.90 Å². The van der Waals surface area contributed by atoms with E-state index in [2.05, 4.69) is 10.3 Å². The largest absolute Gasteiger partial charge is 0.493 e. The molecule has 3 rings (SSSR count). The number of ether oxygens (including phenoxy) is 3. The van der Waals surface area contributed by atoms with E-state index in [0.717, 1.165) is 5.56 Å². The van der Waals surface area contributed by atoms with Gasteiger partial charge in [0.1, 0.15) is 0 Å². The SMILES string of the molecule is COc1ccc(C(=O)C2CC(CCO)(c3ccncc3)CN2)c(OC)c1OC. The lowest BCUT2D eigenvalue weighted by atomic mass is 9.75. The minimum atomic E-state index is -0.397. The van der Waals surface area contributed by atoms with Crippen molar-refractivity contribution in [2.24, 2.45) is 0 Å². The van der Waals surface area contributed by atoms with Gasteiger partial charge in [-0.05, 0) is 42.7 Å². The fourth-order valence-electron chi connectivity index (χ4n) is 4.00. The van der Waals surface area contributed by atoms with Gasteiger partial charge < -0.3 is 24.6 Å². The number of nitrogens with zero attached hydrogens (tertiary/aromatic N) is 1. The Morgan fingerprint density at radius 2 is 1.86 bits per heavy atom. The number of ketones is 1. The van der Waals surface area contributed by atoms with Gasteiger partial charge in [0.15, 0.2) is 17.3 Å². The third-order valence-electron chi connectivity index (χ3n) is 5.45. The molecule has 150 valence electrons. The van der Waals surface area contributed by atoms with Crippen LogP contribution >= 0.6 is 0 Å². The van der Waals surface area contributed by atoms with Gasteiger partial charge in [0.05, 0.1) is 32.9 Å². The van der Waals surface area contributed by atoms with Gasteiger partial charge in [0.2, 0.25) is 5.75 Å². The number of nitrogens with one attached hydrogen (secondary N) is 1. The third kappa shape index (κ3) is 3.55. The van der Waals surface area contributed by atoms with Gasteiger partial charge in [-0.3, -0.25) is 9.78 Å². The maximum absolute atomic E-state index is 13.3. The number of aliphatic hydroxyl groups is 1. The van der Waals surface area contributed by atoms with Gasteiger partial charge >= 0.3 is 0 Å². The molecule has 0 spiro atoms. The zero-order valence-corrected chi connectivity index (χ0v) is 16.4. The zero-order valence-electron chi connectivity index (χ0n) is 16.4. The zero-order chi connectivity index (χ0) is 20.1. The quantitative estimate of drug-likeness (QED) is 0.671. The highest BCUT2D eigenvalue weighted by Crippen LogP contribution is 2.42. The second kappa shape index (κ2) is 8.58. The minimum absolute atomic E-state index is 0.0462. The third-order valence-corrected chi connectivity index (χ3v) is 5.45. The van der Waals surface area contributed by atoms with E-state index in [-0.39, 0.29) is 17.8 Å². The normalized spacial score (nSPS) is 21.4. The molecule has 2 heterocycles. The molecule has 28 heavy (non-hydrogen) atoms. The molecule has 2 N–H and O–H groups in total. The molecule has 0 amide bonds. The summed E-state index contributed by atoms with van der Waals surface area (Å²) in [6.07, 6.45) is 4.62. The highest BCUT2D eigenvalue weighted by atomic mass is 16.5. The Balaban J connectivity index is 1.92. The molecule has 0 saturated carbocycles. The summed E-state index contributed by atoms with van der Waals surface area (Å²) in [6, 6.07) is 6.89. The number of hydrogen-bond acceptors (Lipinski definition) is 7. The van der Waals surface area contributed by atoms with Crippen LogP contribution in [0.15, 0.2) is 36.7 Å². The number of carbonyl (C=O) groups excluding carboxylic acids is 1. The van der Waals surface area contributed by atoms with E-state index in [4.69, 9.17) is 14.2 Å². The first kappa shape index (κ1) is 20.1. The first-order valence-corrected chi connectivity index (χ1v) is 9.18. The summed E-state index contributed by atoms with van der Waals surface area (Å²) in [5.41, 5.74) is 1.19. The molecule has 2 atom stereocenters. The summed E-state index contributed by atoms with van der Waals surface area (Å²) in [5.74, 6) is 1.18. The van der Waals surface area contributed by atoms with Crippen LogP contribution in [0.25, 0.3) is 0 Å². The molecule has 1 aromatic heterocycles. The van der Waals surface area contributed by atoms with Crippen molar-refractivity contribution < 1.29 is 24.1 Å². The first-order valence-electron chi connectivity index (χ1n) is 9.18. The Morgan fingerprint density at radius 1 is 1.14 bits per heavy atom. The molecular formula is C21H26N2O5. The van der Waals surface area contributed by atoms with Crippen LogP contribution in [0.1, 0.15) is 28.8 Å². The summed E-state index contributed by atoms with van der Waals surface area (Å²) >= 11 is 0. The van der Waals surface area contributed by atoms with Crippen molar-refractivity contribution in [2.45, 2.75) is 24.3 Å². The average Bonchev–Trinajstić information content (AvgIpc) is 3.18. The Bertz CT molecular complexity index is 827. The molecule has 0 bridgehead atoms. The Kier molecular flexibility index (Phi) is 6.16. The topological polar surface area (TPSA) is 89.9 Å². The molecule has 1 fully saturated rings. The van der Waals surface area contributed by atoms with Gasteiger partial charge in [-0.1, -0.05) is 0 Å². The molecule has 2 unspecified atom stereocenters. The summed E-state index contributed by atoms with van der Waals surface area (Å²) in [6.45, 7) is 0.647. The fourth-order valence-corrected chi connectivity index (χ4v) is 4.00. The van der Waals surface area contributed by atoms with Gasteiger partial charge in [0.25, 0.3) is 0 Å². The Morgan fingerprint density at radius 3 is 2.46 bits per heavy atom. The van der Waals surface area contributed by atoms with Crippen molar-refractivity contribution >= 4 is 5.78 Å². The number of hydrogen-bond donors (Lipinski definition) is 2. The summed E-state index contributed by atoms with van der Waals surface area (Å²) in [4.78, 5) is 17.4.